The van der Waals surface area contributed by atoms with Crippen LogP contribution in [0, 0.1) is 5.92 Å². The first-order chi connectivity index (χ1) is 11.7. The summed E-state index contributed by atoms with van der Waals surface area (Å²) in [5, 5.41) is 15.0. The summed E-state index contributed by atoms with van der Waals surface area (Å²) < 4.78 is 2.03. The van der Waals surface area contributed by atoms with Gasteiger partial charge < -0.3 is 15.2 Å². The van der Waals surface area contributed by atoms with Gasteiger partial charge in [0.15, 0.2) is 11.8 Å². The number of aliphatic imine (C=N–C) groups is 1. The van der Waals surface area contributed by atoms with Crippen LogP contribution in [0.1, 0.15) is 71.5 Å². The van der Waals surface area contributed by atoms with Crippen LogP contribution in [0.2, 0.25) is 0 Å². The van der Waals surface area contributed by atoms with Gasteiger partial charge in [-0.25, -0.2) is 4.99 Å². The third-order valence-corrected chi connectivity index (χ3v) is 4.88. The summed E-state index contributed by atoms with van der Waals surface area (Å²) in [6.45, 7) is 8.73. The van der Waals surface area contributed by atoms with Crippen LogP contribution in [0.15, 0.2) is 11.3 Å². The van der Waals surface area contributed by atoms with Crippen LogP contribution in [0.5, 0.6) is 0 Å². The second-order valence-corrected chi connectivity index (χ2v) is 6.86. The molecule has 7 heteroatoms. The molecule has 2 N–H and O–H groups in total. The van der Waals surface area contributed by atoms with Crippen LogP contribution in [0.25, 0.3) is 0 Å². The largest absolute Gasteiger partial charge is 0.357 e. The van der Waals surface area contributed by atoms with Gasteiger partial charge in [0.25, 0.3) is 0 Å². The standard InChI is InChI=1S/C18H34N6.HI/c1-4-19-18(20-13-17-23-21-14-24(17)5-2)22-15(3)11-12-16-9-7-6-8-10-16;/h14-16H,4-13H2,1-3H3,(H2,19,20,22);1H. The molecule has 1 aliphatic carbocycles. The van der Waals surface area contributed by atoms with Crippen molar-refractivity contribution in [3.8, 4) is 0 Å². The van der Waals surface area contributed by atoms with Crippen LogP contribution in [0.4, 0.5) is 0 Å². The van der Waals surface area contributed by atoms with E-state index >= 15 is 0 Å². The van der Waals surface area contributed by atoms with E-state index in [1.807, 2.05) is 4.57 Å². The van der Waals surface area contributed by atoms with E-state index in [0.29, 0.717) is 12.6 Å². The molecule has 0 aromatic carbocycles. The molecule has 1 atom stereocenters. The minimum Gasteiger partial charge on any atom is -0.357 e. The van der Waals surface area contributed by atoms with E-state index in [4.69, 9.17) is 0 Å². The van der Waals surface area contributed by atoms with Gasteiger partial charge in [0.2, 0.25) is 0 Å². The lowest BCUT2D eigenvalue weighted by Gasteiger charge is -2.24. The van der Waals surface area contributed by atoms with Crippen molar-refractivity contribution >= 4 is 29.9 Å². The van der Waals surface area contributed by atoms with Gasteiger partial charge in [0.1, 0.15) is 12.9 Å². The summed E-state index contributed by atoms with van der Waals surface area (Å²) in [6, 6.07) is 0.439. The van der Waals surface area contributed by atoms with E-state index in [0.717, 1.165) is 30.8 Å². The van der Waals surface area contributed by atoms with Crippen molar-refractivity contribution in [2.45, 2.75) is 84.8 Å². The first kappa shape index (κ1) is 22.2. The Morgan fingerprint density at radius 3 is 2.76 bits per heavy atom. The Balaban J connectivity index is 0.00000312. The fourth-order valence-electron chi connectivity index (χ4n) is 3.40. The van der Waals surface area contributed by atoms with E-state index < -0.39 is 0 Å². The van der Waals surface area contributed by atoms with Crippen molar-refractivity contribution in [2.75, 3.05) is 6.54 Å². The summed E-state index contributed by atoms with van der Waals surface area (Å²) in [7, 11) is 0. The Hall–Kier alpha value is -0.860. The monoisotopic (exact) mass is 462 g/mol. The molecule has 1 aromatic rings. The zero-order chi connectivity index (χ0) is 17.2. The molecule has 6 nitrogen and oxygen atoms in total. The number of nitrogens with zero attached hydrogens (tertiary/aromatic N) is 4. The SMILES string of the molecule is CCNC(=NCc1nncn1CC)NC(C)CCC1CCCCC1.I. The van der Waals surface area contributed by atoms with Crippen molar-refractivity contribution in [3.63, 3.8) is 0 Å². The van der Waals surface area contributed by atoms with E-state index in [9.17, 15) is 0 Å². The van der Waals surface area contributed by atoms with E-state index in [1.165, 1.54) is 44.9 Å². The average Bonchev–Trinajstić information content (AvgIpc) is 3.06. The summed E-state index contributed by atoms with van der Waals surface area (Å²) in [6.07, 6.45) is 11.4. The summed E-state index contributed by atoms with van der Waals surface area (Å²) in [4.78, 5) is 4.67. The highest BCUT2D eigenvalue weighted by atomic mass is 127. The molecule has 1 heterocycles. The number of aryl methyl sites for hydroxylation is 1. The van der Waals surface area contributed by atoms with Gasteiger partial charge in [0.05, 0.1) is 0 Å². The van der Waals surface area contributed by atoms with Crippen molar-refractivity contribution in [1.29, 1.82) is 0 Å². The maximum atomic E-state index is 4.67. The van der Waals surface area contributed by atoms with Gasteiger partial charge in [-0.3, -0.25) is 0 Å². The van der Waals surface area contributed by atoms with Crippen molar-refractivity contribution in [2.24, 2.45) is 10.9 Å². The van der Waals surface area contributed by atoms with Crippen molar-refractivity contribution < 1.29 is 0 Å². The molecule has 0 spiro atoms. The maximum absolute atomic E-state index is 4.67. The van der Waals surface area contributed by atoms with E-state index in [1.54, 1.807) is 6.33 Å². The highest BCUT2D eigenvalue weighted by molar-refractivity contribution is 14.0. The number of nitrogens with one attached hydrogen (secondary N) is 2. The van der Waals surface area contributed by atoms with Gasteiger partial charge in [0, 0.05) is 19.1 Å². The number of guanidine groups is 1. The molecule has 0 bridgehead atoms. The molecule has 1 aliphatic rings. The first-order valence-electron chi connectivity index (χ1n) is 9.64. The van der Waals surface area contributed by atoms with Crippen LogP contribution in [0.3, 0.4) is 0 Å². The Kier molecular flexibility index (Phi) is 11.1. The topological polar surface area (TPSA) is 67.1 Å². The molecule has 1 fully saturated rings. The number of hydrogen-bond acceptors (Lipinski definition) is 3. The lowest BCUT2D eigenvalue weighted by Crippen LogP contribution is -2.42. The highest BCUT2D eigenvalue weighted by Crippen LogP contribution is 2.27. The number of rotatable bonds is 8. The van der Waals surface area contributed by atoms with Crippen LogP contribution < -0.4 is 10.6 Å². The highest BCUT2D eigenvalue weighted by Gasteiger charge is 2.15. The normalized spacial score (nSPS) is 17.0. The summed E-state index contributed by atoms with van der Waals surface area (Å²) in [5.74, 6) is 2.72. The second-order valence-electron chi connectivity index (χ2n) is 6.86. The molecular weight excluding hydrogens is 427 g/mol. The minimum absolute atomic E-state index is 0. The molecule has 1 unspecified atom stereocenters. The van der Waals surface area contributed by atoms with Gasteiger partial charge in [-0.2, -0.15) is 0 Å². The quantitative estimate of drug-likeness (QED) is 0.351. The molecule has 0 aliphatic heterocycles. The Bertz CT molecular complexity index is 496. The number of halogens is 1. The molecule has 2 rings (SSSR count). The summed E-state index contributed by atoms with van der Waals surface area (Å²) in [5.41, 5.74) is 0. The lowest BCUT2D eigenvalue weighted by molar-refractivity contribution is 0.322. The smallest absolute Gasteiger partial charge is 0.191 e. The molecule has 1 aromatic heterocycles. The molecule has 1 saturated carbocycles. The maximum Gasteiger partial charge on any atom is 0.191 e. The molecular formula is C18H35IN6. The third-order valence-electron chi connectivity index (χ3n) is 4.88. The van der Waals surface area contributed by atoms with Crippen LogP contribution >= 0.6 is 24.0 Å². The third kappa shape index (κ3) is 7.92. The predicted molar refractivity (Wildman–Crippen MR) is 114 cm³/mol. The van der Waals surface area contributed by atoms with Crippen molar-refractivity contribution in [1.82, 2.24) is 25.4 Å². The van der Waals surface area contributed by atoms with Gasteiger partial charge >= 0.3 is 0 Å². The average molecular weight is 462 g/mol. The lowest BCUT2D eigenvalue weighted by atomic mass is 9.85. The van der Waals surface area contributed by atoms with Crippen LogP contribution in [-0.4, -0.2) is 33.3 Å². The van der Waals surface area contributed by atoms with Crippen molar-refractivity contribution in [3.05, 3.63) is 12.2 Å². The van der Waals surface area contributed by atoms with E-state index in [2.05, 4.69) is 46.6 Å². The van der Waals surface area contributed by atoms with Gasteiger partial charge in [-0.15, -0.1) is 34.2 Å². The number of hydrogen-bond donors (Lipinski definition) is 2. The molecule has 0 amide bonds. The molecule has 144 valence electrons. The molecule has 25 heavy (non-hydrogen) atoms. The molecule has 0 radical (unpaired) electrons. The fraction of sp³-hybridized carbons (Fsp3) is 0.833. The van der Waals surface area contributed by atoms with E-state index in [-0.39, 0.29) is 24.0 Å². The van der Waals surface area contributed by atoms with Gasteiger partial charge in [-0.1, -0.05) is 32.1 Å². The Morgan fingerprint density at radius 1 is 1.32 bits per heavy atom. The second kappa shape index (κ2) is 12.5. The number of aromatic nitrogens is 3. The Labute approximate surface area is 169 Å². The fourth-order valence-corrected chi connectivity index (χ4v) is 3.40. The van der Waals surface area contributed by atoms with Gasteiger partial charge in [-0.05, 0) is 39.5 Å². The molecule has 0 saturated heterocycles. The zero-order valence-electron chi connectivity index (χ0n) is 16.0. The predicted octanol–water partition coefficient (Wildman–Crippen LogP) is 3.72. The van der Waals surface area contributed by atoms with Crippen LogP contribution in [-0.2, 0) is 13.1 Å². The summed E-state index contributed by atoms with van der Waals surface area (Å²) >= 11 is 0. The Morgan fingerprint density at radius 2 is 2.08 bits per heavy atom. The zero-order valence-corrected chi connectivity index (χ0v) is 18.3. The minimum atomic E-state index is 0. The first-order valence-corrected chi connectivity index (χ1v) is 9.64.